The lowest BCUT2D eigenvalue weighted by molar-refractivity contribution is 0.637. The average molecular weight is 249 g/mol. The fourth-order valence-electron chi connectivity index (χ4n) is 2.33. The number of hydrogen-bond donors (Lipinski definition) is 2. The Balaban J connectivity index is 2.06. The molecule has 0 aliphatic heterocycles. The van der Waals surface area contributed by atoms with Crippen molar-refractivity contribution in [3.05, 3.63) is 78.1 Å². The van der Waals surface area contributed by atoms with Crippen LogP contribution in [-0.2, 0) is 0 Å². The second-order valence-electron chi connectivity index (χ2n) is 4.49. The molecule has 2 aromatic carbocycles. The van der Waals surface area contributed by atoms with Gasteiger partial charge in [-0.15, -0.1) is 0 Å². The Labute approximate surface area is 112 Å². The van der Waals surface area contributed by atoms with Crippen molar-refractivity contribution < 1.29 is 0 Å². The first kappa shape index (κ1) is 11.8. The average Bonchev–Trinajstić information content (AvgIpc) is 2.49. The smallest absolute Gasteiger partial charge is 0.0711 e. The minimum absolute atomic E-state index is 0.0207. The van der Waals surface area contributed by atoms with Gasteiger partial charge in [0.1, 0.15) is 0 Å². The van der Waals surface area contributed by atoms with E-state index in [0.29, 0.717) is 0 Å². The highest BCUT2D eigenvalue weighted by molar-refractivity contribution is 5.83. The molecule has 0 aliphatic rings. The monoisotopic (exact) mass is 249 g/mol. The number of fused-ring (bicyclic) bond motifs is 1. The Morgan fingerprint density at radius 2 is 1.58 bits per heavy atom. The van der Waals surface area contributed by atoms with Crippen LogP contribution in [-0.4, -0.2) is 4.98 Å². The van der Waals surface area contributed by atoms with E-state index in [2.05, 4.69) is 40.7 Å². The van der Waals surface area contributed by atoms with Crippen molar-refractivity contribution in [1.29, 1.82) is 0 Å². The maximum atomic E-state index is 5.71. The van der Waals surface area contributed by atoms with E-state index in [1.54, 1.807) is 12.4 Å². The van der Waals surface area contributed by atoms with Crippen molar-refractivity contribution in [1.82, 2.24) is 10.4 Å². The molecule has 0 saturated heterocycles. The molecule has 3 aromatic rings. The van der Waals surface area contributed by atoms with Crippen LogP contribution in [0.25, 0.3) is 10.8 Å². The number of nitrogens with zero attached hydrogens (tertiary/aromatic N) is 1. The summed E-state index contributed by atoms with van der Waals surface area (Å²) in [7, 11) is 0. The Kier molecular flexibility index (Phi) is 3.23. The van der Waals surface area contributed by atoms with Gasteiger partial charge >= 0.3 is 0 Å². The summed E-state index contributed by atoms with van der Waals surface area (Å²) in [5.41, 5.74) is 5.12. The SMILES string of the molecule is NNC(c1ccncc1)c1ccc2ccccc2c1. The Morgan fingerprint density at radius 1 is 0.842 bits per heavy atom. The number of hydrogen-bond acceptors (Lipinski definition) is 3. The van der Waals surface area contributed by atoms with Gasteiger partial charge in [-0.25, -0.2) is 5.43 Å². The minimum Gasteiger partial charge on any atom is -0.271 e. The number of benzene rings is 2. The van der Waals surface area contributed by atoms with Gasteiger partial charge in [0, 0.05) is 12.4 Å². The first-order valence-corrected chi connectivity index (χ1v) is 6.23. The van der Waals surface area contributed by atoms with Crippen LogP contribution in [0.1, 0.15) is 17.2 Å². The topological polar surface area (TPSA) is 50.9 Å². The number of pyridine rings is 1. The molecule has 0 amide bonds. The van der Waals surface area contributed by atoms with Crippen molar-refractivity contribution in [3.63, 3.8) is 0 Å². The molecule has 3 heteroatoms. The van der Waals surface area contributed by atoms with E-state index in [9.17, 15) is 0 Å². The van der Waals surface area contributed by atoms with E-state index in [0.717, 1.165) is 11.1 Å². The number of aromatic nitrogens is 1. The van der Waals surface area contributed by atoms with Gasteiger partial charge in [-0.05, 0) is 40.1 Å². The molecule has 1 heterocycles. The lowest BCUT2D eigenvalue weighted by atomic mass is 9.97. The molecule has 3 N–H and O–H groups in total. The summed E-state index contributed by atoms with van der Waals surface area (Å²) < 4.78 is 0. The van der Waals surface area contributed by atoms with Crippen LogP contribution in [0.4, 0.5) is 0 Å². The fraction of sp³-hybridized carbons (Fsp3) is 0.0625. The molecule has 0 saturated carbocycles. The molecular formula is C16H15N3. The molecule has 3 nitrogen and oxygen atoms in total. The molecule has 0 radical (unpaired) electrons. The standard InChI is InChI=1S/C16H15N3/c17-19-16(13-7-9-18-10-8-13)15-6-5-12-3-1-2-4-14(12)11-15/h1-11,16,19H,17H2. The summed E-state index contributed by atoms with van der Waals surface area (Å²) in [5, 5.41) is 2.45. The Morgan fingerprint density at radius 3 is 2.32 bits per heavy atom. The van der Waals surface area contributed by atoms with Crippen molar-refractivity contribution in [2.24, 2.45) is 5.84 Å². The van der Waals surface area contributed by atoms with Crippen LogP contribution in [0.2, 0.25) is 0 Å². The van der Waals surface area contributed by atoms with Gasteiger partial charge in [-0.1, -0.05) is 36.4 Å². The number of nitrogens with two attached hydrogens (primary N) is 1. The summed E-state index contributed by atoms with van der Waals surface area (Å²) in [6.45, 7) is 0. The zero-order chi connectivity index (χ0) is 13.1. The van der Waals surface area contributed by atoms with Gasteiger partial charge in [-0.3, -0.25) is 10.8 Å². The summed E-state index contributed by atoms with van der Waals surface area (Å²) in [6.07, 6.45) is 3.56. The highest BCUT2D eigenvalue weighted by atomic mass is 15.2. The van der Waals surface area contributed by atoms with Crippen LogP contribution in [0.5, 0.6) is 0 Å². The molecular weight excluding hydrogens is 234 g/mol. The highest BCUT2D eigenvalue weighted by Crippen LogP contribution is 2.24. The summed E-state index contributed by atoms with van der Waals surface area (Å²) in [4.78, 5) is 4.04. The molecule has 0 aliphatic carbocycles. The van der Waals surface area contributed by atoms with Crippen LogP contribution in [0.3, 0.4) is 0 Å². The summed E-state index contributed by atoms with van der Waals surface area (Å²) >= 11 is 0. The van der Waals surface area contributed by atoms with Crippen molar-refractivity contribution >= 4 is 10.8 Å². The Hall–Kier alpha value is -2.23. The van der Waals surface area contributed by atoms with E-state index in [1.807, 2.05) is 24.3 Å². The minimum atomic E-state index is -0.0207. The van der Waals surface area contributed by atoms with E-state index in [1.165, 1.54) is 10.8 Å². The molecule has 1 aromatic heterocycles. The summed E-state index contributed by atoms with van der Waals surface area (Å²) in [6, 6.07) is 18.6. The number of rotatable bonds is 3. The predicted octanol–water partition coefficient (Wildman–Crippen LogP) is 2.79. The van der Waals surface area contributed by atoms with E-state index < -0.39 is 0 Å². The molecule has 0 fully saturated rings. The zero-order valence-electron chi connectivity index (χ0n) is 10.5. The third-order valence-corrected chi connectivity index (χ3v) is 3.31. The third-order valence-electron chi connectivity index (χ3n) is 3.31. The van der Waals surface area contributed by atoms with Gasteiger partial charge in [0.15, 0.2) is 0 Å². The van der Waals surface area contributed by atoms with Gasteiger partial charge in [0.05, 0.1) is 6.04 Å². The van der Waals surface area contributed by atoms with Crippen LogP contribution in [0, 0.1) is 0 Å². The molecule has 0 spiro atoms. The van der Waals surface area contributed by atoms with E-state index in [-0.39, 0.29) is 6.04 Å². The van der Waals surface area contributed by atoms with Gasteiger partial charge in [0.2, 0.25) is 0 Å². The lowest BCUT2D eigenvalue weighted by Crippen LogP contribution is -2.28. The molecule has 94 valence electrons. The van der Waals surface area contributed by atoms with Gasteiger partial charge in [-0.2, -0.15) is 0 Å². The molecule has 3 rings (SSSR count). The molecule has 1 atom stereocenters. The van der Waals surface area contributed by atoms with Crippen LogP contribution >= 0.6 is 0 Å². The van der Waals surface area contributed by atoms with Crippen molar-refractivity contribution in [2.75, 3.05) is 0 Å². The maximum Gasteiger partial charge on any atom is 0.0711 e. The fourth-order valence-corrected chi connectivity index (χ4v) is 2.33. The van der Waals surface area contributed by atoms with Crippen LogP contribution in [0.15, 0.2) is 67.0 Å². The zero-order valence-corrected chi connectivity index (χ0v) is 10.5. The second-order valence-corrected chi connectivity index (χ2v) is 4.49. The van der Waals surface area contributed by atoms with Gasteiger partial charge < -0.3 is 0 Å². The molecule has 0 bridgehead atoms. The Bertz CT molecular complexity index is 680. The first-order chi connectivity index (χ1) is 9.38. The third kappa shape index (κ3) is 2.34. The maximum absolute atomic E-state index is 5.71. The van der Waals surface area contributed by atoms with Crippen LogP contribution < -0.4 is 11.3 Å². The predicted molar refractivity (Wildman–Crippen MR) is 77.4 cm³/mol. The molecule has 1 unspecified atom stereocenters. The van der Waals surface area contributed by atoms with E-state index in [4.69, 9.17) is 5.84 Å². The number of hydrazine groups is 1. The lowest BCUT2D eigenvalue weighted by Gasteiger charge is -2.17. The van der Waals surface area contributed by atoms with E-state index >= 15 is 0 Å². The number of nitrogens with one attached hydrogen (secondary N) is 1. The molecule has 19 heavy (non-hydrogen) atoms. The van der Waals surface area contributed by atoms with Crippen molar-refractivity contribution in [2.45, 2.75) is 6.04 Å². The highest BCUT2D eigenvalue weighted by Gasteiger charge is 2.12. The first-order valence-electron chi connectivity index (χ1n) is 6.23. The largest absolute Gasteiger partial charge is 0.271 e. The quantitative estimate of drug-likeness (QED) is 0.554. The summed E-state index contributed by atoms with van der Waals surface area (Å²) in [5.74, 6) is 5.71. The second kappa shape index (κ2) is 5.18. The van der Waals surface area contributed by atoms with Crippen molar-refractivity contribution in [3.8, 4) is 0 Å². The van der Waals surface area contributed by atoms with Gasteiger partial charge in [0.25, 0.3) is 0 Å². The normalized spacial score (nSPS) is 12.5.